The minimum Gasteiger partial charge on any atom is -0.493 e. The first kappa shape index (κ1) is 28.2. The minimum absolute atomic E-state index is 0.103. The number of carbonyl (C=O) groups is 1. The van der Waals surface area contributed by atoms with Crippen molar-refractivity contribution >= 4 is 37.8 Å². The number of aliphatic hydroxyl groups is 1. The normalized spacial score (nSPS) is 12.2. The number of ether oxygens (including phenoxy) is 2. The summed E-state index contributed by atoms with van der Waals surface area (Å²) in [6.45, 7) is 10.9. The Morgan fingerprint density at radius 2 is 1.58 bits per heavy atom. The zero-order chi connectivity index (χ0) is 26.6. The van der Waals surface area contributed by atoms with E-state index < -0.39 is 12.1 Å². The van der Waals surface area contributed by atoms with Crippen LogP contribution < -0.4 is 9.47 Å². The lowest BCUT2D eigenvalue weighted by atomic mass is 9.94. The fourth-order valence-corrected chi connectivity index (χ4v) is 5.29. The van der Waals surface area contributed by atoms with Gasteiger partial charge in [-0.25, -0.2) is 0 Å². The third-order valence-electron chi connectivity index (χ3n) is 5.61. The van der Waals surface area contributed by atoms with Crippen molar-refractivity contribution in [1.82, 2.24) is 0 Å². The molecular formula is C29H32Br2O5. The highest BCUT2D eigenvalue weighted by Crippen LogP contribution is 2.44. The zero-order valence-electron chi connectivity index (χ0n) is 21.1. The van der Waals surface area contributed by atoms with Gasteiger partial charge in [-0.15, -0.1) is 0 Å². The molecule has 1 unspecified atom stereocenters. The van der Waals surface area contributed by atoms with Crippen LogP contribution in [0, 0.1) is 12.8 Å². The molecular weight excluding hydrogens is 588 g/mol. The molecule has 0 saturated carbocycles. The third-order valence-corrected chi connectivity index (χ3v) is 6.79. The second-order valence-corrected chi connectivity index (χ2v) is 11.4. The Bertz CT molecular complexity index is 1210. The van der Waals surface area contributed by atoms with Gasteiger partial charge in [-0.3, -0.25) is 4.79 Å². The summed E-state index contributed by atoms with van der Waals surface area (Å²) < 4.78 is 13.8. The Labute approximate surface area is 229 Å². The molecule has 0 aromatic heterocycles. The first-order valence-corrected chi connectivity index (χ1v) is 13.5. The van der Waals surface area contributed by atoms with Crippen LogP contribution in [0.5, 0.6) is 17.2 Å². The minimum atomic E-state index is -0.939. The number of aliphatic carboxylic acids is 1. The van der Waals surface area contributed by atoms with Crippen LogP contribution in [0.2, 0.25) is 0 Å². The van der Waals surface area contributed by atoms with E-state index in [1.807, 2.05) is 43.3 Å². The van der Waals surface area contributed by atoms with Crippen LogP contribution in [0.3, 0.4) is 0 Å². The fraction of sp³-hybridized carbons (Fsp3) is 0.345. The standard InChI is InChI=1S/C29H32Br2O5/c1-16(2)15-35-25-14-22(28(34)20-8-6-7-18(5)9-20)26(13-21(25)17(3)4)36-29-23(30)10-19(11-24(29)31)12-27(32)33/h6-11,13-14,16-17,28,34H,12,15H2,1-5H3,(H,32,33). The molecule has 0 bridgehead atoms. The van der Waals surface area contributed by atoms with Crippen molar-refractivity contribution in [3.63, 3.8) is 0 Å². The lowest BCUT2D eigenvalue weighted by Crippen LogP contribution is -2.10. The van der Waals surface area contributed by atoms with Crippen molar-refractivity contribution in [2.75, 3.05) is 6.61 Å². The van der Waals surface area contributed by atoms with E-state index in [0.29, 0.717) is 44.1 Å². The number of carboxylic acid groups (broad SMARTS) is 1. The average Bonchev–Trinajstić information content (AvgIpc) is 2.79. The van der Waals surface area contributed by atoms with E-state index in [-0.39, 0.29) is 12.3 Å². The van der Waals surface area contributed by atoms with Crippen molar-refractivity contribution in [1.29, 1.82) is 0 Å². The molecule has 0 aliphatic carbocycles. The maximum atomic E-state index is 11.5. The van der Waals surface area contributed by atoms with E-state index in [2.05, 4.69) is 59.6 Å². The zero-order valence-corrected chi connectivity index (χ0v) is 24.3. The summed E-state index contributed by atoms with van der Waals surface area (Å²) in [6, 6.07) is 15.0. The number of benzene rings is 3. The Morgan fingerprint density at radius 1 is 0.944 bits per heavy atom. The van der Waals surface area contributed by atoms with Crippen molar-refractivity contribution in [3.8, 4) is 17.2 Å². The van der Waals surface area contributed by atoms with Gasteiger partial charge in [0.2, 0.25) is 0 Å². The van der Waals surface area contributed by atoms with Gasteiger partial charge in [-0.2, -0.15) is 0 Å². The largest absolute Gasteiger partial charge is 0.493 e. The molecule has 36 heavy (non-hydrogen) atoms. The van der Waals surface area contributed by atoms with Crippen LogP contribution in [-0.2, 0) is 11.2 Å². The van der Waals surface area contributed by atoms with Crippen LogP contribution in [0.25, 0.3) is 0 Å². The van der Waals surface area contributed by atoms with E-state index >= 15 is 0 Å². The summed E-state index contributed by atoms with van der Waals surface area (Å²) in [5, 5.41) is 20.6. The van der Waals surface area contributed by atoms with Crippen LogP contribution in [0.4, 0.5) is 0 Å². The SMILES string of the molecule is Cc1cccc(C(O)c2cc(OCC(C)C)c(C(C)C)cc2Oc2c(Br)cc(CC(=O)O)cc2Br)c1. The first-order valence-electron chi connectivity index (χ1n) is 11.9. The molecule has 1 atom stereocenters. The van der Waals surface area contributed by atoms with Gasteiger partial charge in [0.25, 0.3) is 0 Å². The molecule has 0 radical (unpaired) electrons. The molecule has 0 fully saturated rings. The van der Waals surface area contributed by atoms with Crippen LogP contribution in [0.1, 0.15) is 67.5 Å². The molecule has 3 aromatic rings. The summed E-state index contributed by atoms with van der Waals surface area (Å²) in [5.41, 5.74) is 3.98. The van der Waals surface area contributed by atoms with Gasteiger partial charge in [0.1, 0.15) is 17.6 Å². The van der Waals surface area contributed by atoms with Crippen molar-refractivity contribution in [2.45, 2.75) is 53.1 Å². The predicted molar refractivity (Wildman–Crippen MR) is 149 cm³/mol. The van der Waals surface area contributed by atoms with Gasteiger partial charge in [0, 0.05) is 11.1 Å². The maximum absolute atomic E-state index is 11.5. The molecule has 0 heterocycles. The molecule has 0 aliphatic rings. The molecule has 3 aromatic carbocycles. The molecule has 0 spiro atoms. The van der Waals surface area contributed by atoms with Gasteiger partial charge >= 0.3 is 5.97 Å². The monoisotopic (exact) mass is 618 g/mol. The van der Waals surface area contributed by atoms with Crippen molar-refractivity contribution in [2.24, 2.45) is 5.92 Å². The highest BCUT2D eigenvalue weighted by Gasteiger charge is 2.23. The second-order valence-electron chi connectivity index (χ2n) is 9.67. The Hall–Kier alpha value is -2.35. The Morgan fingerprint density at radius 3 is 2.14 bits per heavy atom. The lowest BCUT2D eigenvalue weighted by molar-refractivity contribution is -0.136. The predicted octanol–water partition coefficient (Wildman–Crippen LogP) is 8.18. The van der Waals surface area contributed by atoms with E-state index in [9.17, 15) is 9.90 Å². The van der Waals surface area contributed by atoms with Crippen LogP contribution in [-0.4, -0.2) is 22.8 Å². The molecule has 0 aliphatic heterocycles. The number of rotatable bonds is 10. The van der Waals surface area contributed by atoms with E-state index in [1.54, 1.807) is 12.1 Å². The molecule has 7 heteroatoms. The highest BCUT2D eigenvalue weighted by atomic mass is 79.9. The summed E-state index contributed by atoms with van der Waals surface area (Å²) in [5.74, 6) is 1.31. The number of aryl methyl sites for hydroxylation is 1. The van der Waals surface area contributed by atoms with Gasteiger partial charge in [-0.05, 0) is 86.0 Å². The Balaban J connectivity index is 2.15. The molecule has 3 rings (SSSR count). The second kappa shape index (κ2) is 12.3. The maximum Gasteiger partial charge on any atom is 0.307 e. The van der Waals surface area contributed by atoms with Crippen LogP contribution in [0.15, 0.2) is 57.5 Å². The number of hydrogen-bond acceptors (Lipinski definition) is 4. The number of carboxylic acids is 1. The lowest BCUT2D eigenvalue weighted by Gasteiger charge is -2.23. The summed E-state index contributed by atoms with van der Waals surface area (Å²) in [4.78, 5) is 11.2. The van der Waals surface area contributed by atoms with Gasteiger partial charge in [0.05, 0.1) is 22.0 Å². The summed E-state index contributed by atoms with van der Waals surface area (Å²) in [6.07, 6.45) is -1.04. The topological polar surface area (TPSA) is 76.0 Å². The molecule has 2 N–H and O–H groups in total. The van der Waals surface area contributed by atoms with E-state index in [1.165, 1.54) is 0 Å². The number of hydrogen-bond donors (Lipinski definition) is 2. The molecule has 0 saturated heterocycles. The van der Waals surface area contributed by atoms with Gasteiger partial charge < -0.3 is 19.7 Å². The van der Waals surface area contributed by atoms with Gasteiger partial charge in [0.15, 0.2) is 5.75 Å². The number of halogens is 2. The van der Waals surface area contributed by atoms with E-state index in [0.717, 1.165) is 22.4 Å². The first-order chi connectivity index (χ1) is 17.0. The van der Waals surface area contributed by atoms with Crippen LogP contribution >= 0.6 is 31.9 Å². The smallest absolute Gasteiger partial charge is 0.307 e. The molecule has 5 nitrogen and oxygen atoms in total. The fourth-order valence-electron chi connectivity index (χ4n) is 3.84. The summed E-state index contributed by atoms with van der Waals surface area (Å²) >= 11 is 7.06. The Kier molecular flexibility index (Phi) is 9.61. The summed E-state index contributed by atoms with van der Waals surface area (Å²) in [7, 11) is 0. The van der Waals surface area contributed by atoms with Gasteiger partial charge in [-0.1, -0.05) is 57.5 Å². The molecule has 0 amide bonds. The number of aliphatic hydroxyl groups excluding tert-OH is 1. The van der Waals surface area contributed by atoms with Crippen molar-refractivity contribution in [3.05, 3.63) is 85.3 Å². The quantitative estimate of drug-likeness (QED) is 0.239. The highest BCUT2D eigenvalue weighted by molar-refractivity contribution is 9.11. The average molecular weight is 620 g/mol. The third kappa shape index (κ3) is 7.11. The van der Waals surface area contributed by atoms with E-state index in [4.69, 9.17) is 14.6 Å². The van der Waals surface area contributed by atoms with Crippen molar-refractivity contribution < 1.29 is 24.5 Å². The molecule has 192 valence electrons.